The van der Waals surface area contributed by atoms with Crippen molar-refractivity contribution in [3.8, 4) is 0 Å². The molecular weight excluding hydrogens is 377 g/mol. The zero-order valence-electron chi connectivity index (χ0n) is 14.2. The van der Waals surface area contributed by atoms with Gasteiger partial charge in [-0.2, -0.15) is 0 Å². The molecule has 0 bridgehead atoms. The van der Waals surface area contributed by atoms with E-state index in [-0.39, 0.29) is 18.4 Å². The first-order valence-electron chi connectivity index (χ1n) is 7.65. The Hall–Kier alpha value is -2.57. The summed E-state index contributed by atoms with van der Waals surface area (Å²) in [6, 6.07) is 11.3. The molecule has 3 amide bonds. The number of anilines is 2. The van der Waals surface area contributed by atoms with Crippen LogP contribution in [0.25, 0.3) is 0 Å². The van der Waals surface area contributed by atoms with Gasteiger partial charge in [0.2, 0.25) is 11.8 Å². The van der Waals surface area contributed by atoms with E-state index >= 15 is 0 Å². The fraction of sp³-hybridized carbons (Fsp3) is 0.167. The van der Waals surface area contributed by atoms with Gasteiger partial charge >= 0.3 is 0 Å². The van der Waals surface area contributed by atoms with Gasteiger partial charge in [0, 0.05) is 25.2 Å². The molecule has 6 nitrogen and oxygen atoms in total. The second kappa shape index (κ2) is 8.69. The maximum Gasteiger partial charge on any atom is 0.254 e. The van der Waals surface area contributed by atoms with Crippen molar-refractivity contribution in [3.05, 3.63) is 58.1 Å². The highest BCUT2D eigenvalue weighted by atomic mass is 35.5. The number of rotatable bonds is 5. The van der Waals surface area contributed by atoms with E-state index < -0.39 is 5.91 Å². The molecule has 0 aliphatic heterocycles. The Morgan fingerprint density at radius 3 is 2.08 bits per heavy atom. The predicted octanol–water partition coefficient (Wildman–Crippen LogP) is 3.66. The van der Waals surface area contributed by atoms with Gasteiger partial charge in [0.15, 0.2) is 0 Å². The van der Waals surface area contributed by atoms with Crippen LogP contribution in [-0.4, -0.2) is 36.2 Å². The zero-order chi connectivity index (χ0) is 19.3. The number of nitrogens with one attached hydrogen (secondary N) is 2. The summed E-state index contributed by atoms with van der Waals surface area (Å²) in [7, 11) is 1.51. The van der Waals surface area contributed by atoms with Crippen LogP contribution in [0.3, 0.4) is 0 Å². The zero-order valence-corrected chi connectivity index (χ0v) is 15.7. The van der Waals surface area contributed by atoms with E-state index in [1.165, 1.54) is 18.9 Å². The Balaban J connectivity index is 2.00. The SMILES string of the molecule is CC(=O)Nc1ccc(C(=O)N(C)CC(=O)Nc2c(Cl)cccc2Cl)cc1. The molecule has 26 heavy (non-hydrogen) atoms. The summed E-state index contributed by atoms with van der Waals surface area (Å²) < 4.78 is 0. The van der Waals surface area contributed by atoms with E-state index in [2.05, 4.69) is 10.6 Å². The lowest BCUT2D eigenvalue weighted by molar-refractivity contribution is -0.116. The van der Waals surface area contributed by atoms with Crippen molar-refractivity contribution in [1.29, 1.82) is 0 Å². The molecule has 0 saturated carbocycles. The summed E-state index contributed by atoms with van der Waals surface area (Å²) >= 11 is 12.0. The number of hydrogen-bond acceptors (Lipinski definition) is 3. The van der Waals surface area contributed by atoms with Gasteiger partial charge in [-0.25, -0.2) is 0 Å². The molecule has 0 unspecified atom stereocenters. The minimum absolute atomic E-state index is 0.173. The third-order valence-corrected chi connectivity index (χ3v) is 4.04. The van der Waals surface area contributed by atoms with Crippen molar-refractivity contribution in [2.75, 3.05) is 24.2 Å². The minimum atomic E-state index is -0.425. The normalized spacial score (nSPS) is 10.2. The van der Waals surface area contributed by atoms with Crippen molar-refractivity contribution in [2.45, 2.75) is 6.92 Å². The Labute approximate surface area is 161 Å². The molecule has 0 aromatic heterocycles. The number of carbonyl (C=O) groups is 3. The molecule has 2 rings (SSSR count). The molecule has 2 aromatic rings. The molecule has 2 N–H and O–H groups in total. The number of hydrogen-bond donors (Lipinski definition) is 2. The van der Waals surface area contributed by atoms with Crippen molar-refractivity contribution in [2.24, 2.45) is 0 Å². The fourth-order valence-electron chi connectivity index (χ4n) is 2.20. The maximum atomic E-state index is 12.4. The third-order valence-electron chi connectivity index (χ3n) is 3.41. The number of amides is 3. The first kappa shape index (κ1) is 19.8. The summed E-state index contributed by atoms with van der Waals surface area (Å²) in [4.78, 5) is 36.9. The number of nitrogens with zero attached hydrogens (tertiary/aromatic N) is 1. The molecule has 8 heteroatoms. The molecule has 0 radical (unpaired) electrons. The first-order valence-corrected chi connectivity index (χ1v) is 8.40. The van der Waals surface area contributed by atoms with E-state index in [1.54, 1.807) is 42.5 Å². The molecule has 0 spiro atoms. The Morgan fingerprint density at radius 2 is 1.54 bits per heavy atom. The van der Waals surface area contributed by atoms with Gasteiger partial charge < -0.3 is 15.5 Å². The Bertz CT molecular complexity index is 818. The van der Waals surface area contributed by atoms with Crippen LogP contribution in [0, 0.1) is 0 Å². The van der Waals surface area contributed by atoms with Gasteiger partial charge in [-0.05, 0) is 36.4 Å². The van der Waals surface area contributed by atoms with Gasteiger partial charge in [-0.15, -0.1) is 0 Å². The summed E-state index contributed by atoms with van der Waals surface area (Å²) in [6.45, 7) is 1.23. The second-order valence-electron chi connectivity index (χ2n) is 5.56. The van der Waals surface area contributed by atoms with Crippen LogP contribution in [0.2, 0.25) is 10.0 Å². The van der Waals surface area contributed by atoms with Crippen LogP contribution in [0.4, 0.5) is 11.4 Å². The number of para-hydroxylation sites is 1. The average Bonchev–Trinajstić information content (AvgIpc) is 2.58. The molecule has 0 fully saturated rings. The summed E-state index contributed by atoms with van der Waals surface area (Å²) in [5.41, 5.74) is 1.29. The Morgan fingerprint density at radius 1 is 0.962 bits per heavy atom. The van der Waals surface area contributed by atoms with Crippen molar-refractivity contribution >= 4 is 52.3 Å². The number of carbonyl (C=O) groups excluding carboxylic acids is 3. The van der Waals surface area contributed by atoms with Crippen LogP contribution in [0.15, 0.2) is 42.5 Å². The van der Waals surface area contributed by atoms with Crippen LogP contribution >= 0.6 is 23.2 Å². The fourth-order valence-corrected chi connectivity index (χ4v) is 2.70. The standard InChI is InChI=1S/C18H17Cl2N3O3/c1-11(24)21-13-8-6-12(7-9-13)18(26)23(2)10-16(25)22-17-14(19)4-3-5-15(17)20/h3-9H,10H2,1-2H3,(H,21,24)(H,22,25). The summed E-state index contributed by atoms with van der Waals surface area (Å²) in [5, 5.41) is 5.85. The molecule has 2 aromatic carbocycles. The van der Waals surface area contributed by atoms with Crippen LogP contribution < -0.4 is 10.6 Å². The number of benzene rings is 2. The molecule has 0 atom stereocenters. The van der Waals surface area contributed by atoms with Crippen LogP contribution in [0.1, 0.15) is 17.3 Å². The van der Waals surface area contributed by atoms with Crippen molar-refractivity contribution in [1.82, 2.24) is 4.90 Å². The van der Waals surface area contributed by atoms with Crippen molar-refractivity contribution in [3.63, 3.8) is 0 Å². The minimum Gasteiger partial charge on any atom is -0.332 e. The highest BCUT2D eigenvalue weighted by Crippen LogP contribution is 2.29. The van der Waals surface area contributed by atoms with E-state index in [0.29, 0.717) is 27.0 Å². The quantitative estimate of drug-likeness (QED) is 0.813. The maximum absolute atomic E-state index is 12.4. The number of halogens is 2. The van der Waals surface area contributed by atoms with Gasteiger partial charge in [0.05, 0.1) is 22.3 Å². The predicted molar refractivity (Wildman–Crippen MR) is 103 cm³/mol. The van der Waals surface area contributed by atoms with E-state index in [4.69, 9.17) is 23.2 Å². The highest BCUT2D eigenvalue weighted by Gasteiger charge is 2.16. The molecule has 0 saturated heterocycles. The monoisotopic (exact) mass is 393 g/mol. The van der Waals surface area contributed by atoms with Gasteiger partial charge in [0.25, 0.3) is 5.91 Å². The molecule has 136 valence electrons. The van der Waals surface area contributed by atoms with E-state index in [0.717, 1.165) is 0 Å². The summed E-state index contributed by atoms with van der Waals surface area (Å²) in [5.74, 6) is -0.957. The first-order chi connectivity index (χ1) is 12.3. The second-order valence-corrected chi connectivity index (χ2v) is 6.38. The van der Waals surface area contributed by atoms with Crippen molar-refractivity contribution < 1.29 is 14.4 Å². The molecule has 0 aliphatic carbocycles. The summed E-state index contributed by atoms with van der Waals surface area (Å²) in [6.07, 6.45) is 0. The molecule has 0 aliphatic rings. The van der Waals surface area contributed by atoms with E-state index in [1.807, 2.05) is 0 Å². The van der Waals surface area contributed by atoms with Gasteiger partial charge in [-0.1, -0.05) is 29.3 Å². The Kier molecular flexibility index (Phi) is 6.60. The third kappa shape index (κ3) is 5.21. The van der Waals surface area contributed by atoms with Crippen LogP contribution in [-0.2, 0) is 9.59 Å². The topological polar surface area (TPSA) is 78.5 Å². The molecular formula is C18H17Cl2N3O3. The van der Waals surface area contributed by atoms with E-state index in [9.17, 15) is 14.4 Å². The highest BCUT2D eigenvalue weighted by molar-refractivity contribution is 6.39. The lowest BCUT2D eigenvalue weighted by Crippen LogP contribution is -2.35. The average molecular weight is 394 g/mol. The lowest BCUT2D eigenvalue weighted by atomic mass is 10.2. The lowest BCUT2D eigenvalue weighted by Gasteiger charge is -2.18. The largest absolute Gasteiger partial charge is 0.332 e. The smallest absolute Gasteiger partial charge is 0.254 e. The van der Waals surface area contributed by atoms with Gasteiger partial charge in [-0.3, -0.25) is 14.4 Å². The number of likely N-dealkylation sites (N-methyl/N-ethyl adjacent to an activating group) is 1. The van der Waals surface area contributed by atoms with Crippen LogP contribution in [0.5, 0.6) is 0 Å². The molecule has 0 heterocycles. The van der Waals surface area contributed by atoms with Gasteiger partial charge in [0.1, 0.15) is 0 Å².